The first-order chi connectivity index (χ1) is 15.1. The van der Waals surface area contributed by atoms with E-state index in [-0.39, 0.29) is 12.4 Å². The maximum atomic E-state index is 12.5. The maximum Gasteiger partial charge on any atom is 0.338 e. The van der Waals surface area contributed by atoms with E-state index >= 15 is 0 Å². The van der Waals surface area contributed by atoms with Crippen LogP contribution in [0.25, 0.3) is 16.9 Å². The summed E-state index contributed by atoms with van der Waals surface area (Å²) < 4.78 is 12.8. The lowest BCUT2D eigenvalue weighted by Gasteiger charge is -2.20. The van der Waals surface area contributed by atoms with Crippen LogP contribution in [0.1, 0.15) is 48.8 Å². The van der Waals surface area contributed by atoms with E-state index in [1.807, 2.05) is 76.2 Å². The van der Waals surface area contributed by atoms with Gasteiger partial charge in [-0.2, -0.15) is 0 Å². The van der Waals surface area contributed by atoms with Gasteiger partial charge in [-0.05, 0) is 99.8 Å². The van der Waals surface area contributed by atoms with Gasteiger partial charge in [0.1, 0.15) is 11.4 Å². The summed E-state index contributed by atoms with van der Waals surface area (Å²) in [5.74, 6) is -0.460. The molecule has 168 valence electrons. The number of aryl methyl sites for hydroxylation is 2. The zero-order valence-electron chi connectivity index (χ0n) is 19.1. The normalized spacial score (nSPS) is 11.3. The fourth-order valence-electron chi connectivity index (χ4n) is 3.55. The van der Waals surface area contributed by atoms with Crippen LogP contribution in [0.3, 0.4) is 0 Å². The van der Waals surface area contributed by atoms with E-state index in [2.05, 4.69) is 4.57 Å². The van der Waals surface area contributed by atoms with E-state index in [1.165, 1.54) is 0 Å². The summed E-state index contributed by atoms with van der Waals surface area (Å²) in [6.45, 7) is 7.44. The van der Waals surface area contributed by atoms with Gasteiger partial charge in [0.2, 0.25) is 0 Å². The van der Waals surface area contributed by atoms with Crippen LogP contribution in [0.15, 0.2) is 54.6 Å². The number of rotatable bonds is 7. The highest BCUT2D eigenvalue weighted by atomic mass is 16.6. The number of aromatic nitrogens is 1. The molecule has 2 aromatic carbocycles. The van der Waals surface area contributed by atoms with E-state index in [4.69, 9.17) is 9.47 Å². The van der Waals surface area contributed by atoms with Crippen molar-refractivity contribution in [3.63, 3.8) is 0 Å². The molecule has 0 amide bonds. The molecule has 0 saturated carbocycles. The van der Waals surface area contributed by atoms with Crippen LogP contribution in [0, 0.1) is 6.92 Å². The minimum Gasteiger partial charge on any atom is -0.497 e. The highest BCUT2D eigenvalue weighted by molar-refractivity contribution is 5.90. The van der Waals surface area contributed by atoms with Crippen molar-refractivity contribution in [3.8, 4) is 22.7 Å². The highest BCUT2D eigenvalue weighted by Crippen LogP contribution is 2.31. The molecule has 6 heteroatoms. The van der Waals surface area contributed by atoms with Crippen LogP contribution >= 0.6 is 0 Å². The summed E-state index contributed by atoms with van der Waals surface area (Å²) in [5, 5.41) is 9.19. The Balaban J connectivity index is 2.06. The molecule has 6 nitrogen and oxygen atoms in total. The molecule has 0 unspecified atom stereocenters. The zero-order chi connectivity index (χ0) is 23.5. The Labute approximate surface area is 188 Å². The molecular formula is C26H29NO5. The predicted octanol–water partition coefficient (Wildman–Crippen LogP) is 5.43. The molecule has 0 aliphatic carbocycles. The Hall–Kier alpha value is -3.54. The van der Waals surface area contributed by atoms with E-state index in [0.717, 1.165) is 34.0 Å². The van der Waals surface area contributed by atoms with Gasteiger partial charge < -0.3 is 19.1 Å². The van der Waals surface area contributed by atoms with Gasteiger partial charge in [0.05, 0.1) is 24.8 Å². The Kier molecular flexibility index (Phi) is 6.72. The second kappa shape index (κ2) is 9.30. The first-order valence-corrected chi connectivity index (χ1v) is 10.5. The molecule has 0 aliphatic heterocycles. The Morgan fingerprint density at radius 2 is 1.69 bits per heavy atom. The number of methoxy groups -OCH3 is 1. The lowest BCUT2D eigenvalue weighted by molar-refractivity contribution is -0.137. The molecule has 1 N–H and O–H groups in total. The van der Waals surface area contributed by atoms with E-state index in [1.54, 1.807) is 13.2 Å². The summed E-state index contributed by atoms with van der Waals surface area (Å²) in [6.07, 6.45) is 0.417. The van der Waals surface area contributed by atoms with Crippen molar-refractivity contribution < 1.29 is 24.2 Å². The van der Waals surface area contributed by atoms with Crippen LogP contribution in [-0.2, 0) is 16.0 Å². The second-order valence-corrected chi connectivity index (χ2v) is 8.67. The number of aliphatic carboxylic acids is 1. The van der Waals surface area contributed by atoms with Gasteiger partial charge in [-0.3, -0.25) is 4.79 Å². The summed E-state index contributed by atoms with van der Waals surface area (Å²) in [4.78, 5) is 23.7. The third-order valence-corrected chi connectivity index (χ3v) is 5.01. The monoisotopic (exact) mass is 435 g/mol. The number of ether oxygens (including phenoxy) is 2. The van der Waals surface area contributed by atoms with E-state index < -0.39 is 11.6 Å². The topological polar surface area (TPSA) is 77.8 Å². The fourth-order valence-corrected chi connectivity index (χ4v) is 3.55. The zero-order valence-corrected chi connectivity index (χ0v) is 19.1. The summed E-state index contributed by atoms with van der Waals surface area (Å²) in [5.41, 5.74) is 4.46. The van der Waals surface area contributed by atoms with Gasteiger partial charge in [-0.15, -0.1) is 0 Å². The number of carbonyl (C=O) groups excluding carboxylic acids is 1. The second-order valence-electron chi connectivity index (χ2n) is 8.67. The first kappa shape index (κ1) is 23.1. The quantitative estimate of drug-likeness (QED) is 0.501. The number of carboxylic acid groups (broad SMARTS) is 1. The minimum absolute atomic E-state index is 0.0289. The van der Waals surface area contributed by atoms with Crippen LogP contribution in [0.2, 0.25) is 0 Å². The van der Waals surface area contributed by atoms with E-state index in [9.17, 15) is 14.7 Å². The van der Waals surface area contributed by atoms with Gasteiger partial charge in [-0.25, -0.2) is 4.79 Å². The van der Waals surface area contributed by atoms with Gasteiger partial charge >= 0.3 is 11.9 Å². The molecule has 0 saturated heterocycles. The lowest BCUT2D eigenvalue weighted by atomic mass is 10.1. The van der Waals surface area contributed by atoms with E-state index in [0.29, 0.717) is 12.0 Å². The molecule has 0 bridgehead atoms. The van der Waals surface area contributed by atoms with Crippen molar-refractivity contribution in [2.24, 2.45) is 0 Å². The molecule has 0 radical (unpaired) electrons. The highest BCUT2D eigenvalue weighted by Gasteiger charge is 2.20. The number of nitrogens with zero attached hydrogens (tertiary/aromatic N) is 1. The Bertz CT molecular complexity index is 1120. The molecule has 3 aromatic rings. The maximum absolute atomic E-state index is 12.5. The van der Waals surface area contributed by atoms with Gasteiger partial charge in [0.15, 0.2) is 0 Å². The van der Waals surface area contributed by atoms with Crippen LogP contribution in [0.5, 0.6) is 5.75 Å². The smallest absolute Gasteiger partial charge is 0.338 e. The minimum atomic E-state index is -0.847. The van der Waals surface area contributed by atoms with Crippen molar-refractivity contribution in [1.29, 1.82) is 0 Å². The Morgan fingerprint density at radius 1 is 1.00 bits per heavy atom. The van der Waals surface area contributed by atoms with Crippen LogP contribution < -0.4 is 4.74 Å². The average Bonchev–Trinajstić information content (AvgIpc) is 3.14. The summed E-state index contributed by atoms with van der Waals surface area (Å²) >= 11 is 0. The summed E-state index contributed by atoms with van der Waals surface area (Å²) in [7, 11) is 1.62. The van der Waals surface area contributed by atoms with Crippen molar-refractivity contribution in [2.75, 3.05) is 7.11 Å². The number of esters is 1. The number of hydrogen-bond acceptors (Lipinski definition) is 4. The number of carboxylic acids is 1. The van der Waals surface area contributed by atoms with Gasteiger partial charge in [0, 0.05) is 11.4 Å². The number of carbonyl (C=O) groups is 2. The van der Waals surface area contributed by atoms with Crippen molar-refractivity contribution in [3.05, 3.63) is 71.4 Å². The number of benzene rings is 2. The van der Waals surface area contributed by atoms with Crippen LogP contribution in [-0.4, -0.2) is 34.3 Å². The molecule has 0 atom stereocenters. The first-order valence-electron chi connectivity index (χ1n) is 10.5. The molecule has 1 heterocycles. The summed E-state index contributed by atoms with van der Waals surface area (Å²) in [6, 6.07) is 17.1. The van der Waals surface area contributed by atoms with Crippen molar-refractivity contribution >= 4 is 11.9 Å². The molecular weight excluding hydrogens is 406 g/mol. The molecule has 0 aliphatic rings. The average molecular weight is 436 g/mol. The lowest BCUT2D eigenvalue weighted by Crippen LogP contribution is -2.24. The molecule has 0 fully saturated rings. The van der Waals surface area contributed by atoms with Crippen molar-refractivity contribution in [1.82, 2.24) is 4.57 Å². The third kappa shape index (κ3) is 5.38. The number of hydrogen-bond donors (Lipinski definition) is 1. The third-order valence-electron chi connectivity index (χ3n) is 5.01. The standard InChI is InChI=1S/C26H29NO5/c1-17-16-19(25(30)32-26(2,3)4)8-13-22(17)27-20(10-15-24(28)29)9-14-23(27)18-6-11-21(31-5)12-7-18/h6-9,11-14,16H,10,15H2,1-5H3,(H,28,29). The van der Waals surface area contributed by atoms with Crippen molar-refractivity contribution in [2.45, 2.75) is 46.1 Å². The van der Waals surface area contributed by atoms with Gasteiger partial charge in [0.25, 0.3) is 0 Å². The predicted molar refractivity (Wildman–Crippen MR) is 124 cm³/mol. The molecule has 3 rings (SSSR count). The molecule has 1 aromatic heterocycles. The fraction of sp³-hybridized carbons (Fsp3) is 0.308. The Morgan fingerprint density at radius 3 is 2.25 bits per heavy atom. The molecule has 0 spiro atoms. The SMILES string of the molecule is COc1ccc(-c2ccc(CCC(=O)O)n2-c2ccc(C(=O)OC(C)(C)C)cc2C)cc1. The largest absolute Gasteiger partial charge is 0.497 e. The molecule has 32 heavy (non-hydrogen) atoms. The van der Waals surface area contributed by atoms with Gasteiger partial charge in [-0.1, -0.05) is 0 Å². The van der Waals surface area contributed by atoms with Crippen LogP contribution in [0.4, 0.5) is 0 Å².